The van der Waals surface area contributed by atoms with Crippen molar-refractivity contribution in [2.75, 3.05) is 26.7 Å². The van der Waals surface area contributed by atoms with Crippen LogP contribution in [0, 0.1) is 0 Å². The first-order valence-corrected chi connectivity index (χ1v) is 9.04. The number of hydrogen-bond donors (Lipinski definition) is 2. The molecule has 2 aromatic rings. The Morgan fingerprint density at radius 1 is 1.04 bits per heavy atom. The zero-order valence-corrected chi connectivity index (χ0v) is 14.5. The summed E-state index contributed by atoms with van der Waals surface area (Å²) in [7, 11) is 1.99. The third kappa shape index (κ3) is 4.37. The molecule has 0 saturated carbocycles. The van der Waals surface area contributed by atoms with Crippen LogP contribution in [0.1, 0.15) is 42.4 Å². The second kappa shape index (κ2) is 8.86. The molecule has 3 heteroatoms. The summed E-state index contributed by atoms with van der Waals surface area (Å²) < 4.78 is 6.53. The lowest BCUT2D eigenvalue weighted by atomic mass is 9.89. The molecular formula is C21H28N2O. The molecule has 0 bridgehead atoms. The first-order valence-electron chi connectivity index (χ1n) is 9.04. The van der Waals surface area contributed by atoms with Crippen molar-refractivity contribution in [2.45, 2.75) is 31.3 Å². The Morgan fingerprint density at radius 2 is 1.75 bits per heavy atom. The summed E-state index contributed by atoms with van der Waals surface area (Å²) in [5.41, 5.74) is 2.61. The molecule has 2 aromatic carbocycles. The van der Waals surface area contributed by atoms with Gasteiger partial charge in [0.25, 0.3) is 0 Å². The minimum absolute atomic E-state index is 0.0847. The molecule has 1 fully saturated rings. The van der Waals surface area contributed by atoms with Crippen LogP contribution in [-0.4, -0.2) is 26.7 Å². The van der Waals surface area contributed by atoms with Crippen molar-refractivity contribution in [1.29, 1.82) is 0 Å². The van der Waals surface area contributed by atoms with Crippen molar-refractivity contribution in [1.82, 2.24) is 10.6 Å². The average molecular weight is 324 g/mol. The molecule has 24 heavy (non-hydrogen) atoms. The third-order valence-electron chi connectivity index (χ3n) is 4.80. The molecule has 0 aromatic heterocycles. The van der Waals surface area contributed by atoms with Crippen LogP contribution in [0.2, 0.25) is 0 Å². The highest BCUT2D eigenvalue weighted by Crippen LogP contribution is 2.35. The Bertz CT molecular complexity index is 608. The van der Waals surface area contributed by atoms with Gasteiger partial charge in [-0.25, -0.2) is 0 Å². The lowest BCUT2D eigenvalue weighted by Crippen LogP contribution is -2.27. The molecule has 0 radical (unpaired) electrons. The first-order chi connectivity index (χ1) is 11.9. The van der Waals surface area contributed by atoms with Crippen molar-refractivity contribution < 1.29 is 4.74 Å². The first kappa shape index (κ1) is 17.0. The minimum Gasteiger partial charge on any atom is -0.485 e. The van der Waals surface area contributed by atoms with E-state index in [9.17, 15) is 0 Å². The summed E-state index contributed by atoms with van der Waals surface area (Å²) in [6.45, 7) is 3.14. The fourth-order valence-electron chi connectivity index (χ4n) is 3.45. The number of hydrogen-bond acceptors (Lipinski definition) is 3. The quantitative estimate of drug-likeness (QED) is 0.811. The third-order valence-corrected chi connectivity index (χ3v) is 4.80. The van der Waals surface area contributed by atoms with Crippen LogP contribution in [0.5, 0.6) is 5.75 Å². The smallest absolute Gasteiger partial charge is 0.125 e. The van der Waals surface area contributed by atoms with Crippen LogP contribution < -0.4 is 15.4 Å². The molecule has 0 spiro atoms. The molecule has 1 aliphatic rings. The Kier molecular flexibility index (Phi) is 6.27. The van der Waals surface area contributed by atoms with Gasteiger partial charge in [0.2, 0.25) is 0 Å². The van der Waals surface area contributed by atoms with Gasteiger partial charge in [0.15, 0.2) is 0 Å². The number of para-hydroxylation sites is 1. The molecule has 3 rings (SSSR count). The van der Waals surface area contributed by atoms with Gasteiger partial charge in [0.1, 0.15) is 11.9 Å². The van der Waals surface area contributed by atoms with Crippen LogP contribution in [0.3, 0.4) is 0 Å². The summed E-state index contributed by atoms with van der Waals surface area (Å²) in [4.78, 5) is 0. The Labute approximate surface area is 145 Å². The summed E-state index contributed by atoms with van der Waals surface area (Å²) >= 11 is 0. The molecule has 1 heterocycles. The molecule has 128 valence electrons. The molecule has 1 aliphatic heterocycles. The van der Waals surface area contributed by atoms with E-state index >= 15 is 0 Å². The predicted molar refractivity (Wildman–Crippen MR) is 99.6 cm³/mol. The van der Waals surface area contributed by atoms with E-state index < -0.39 is 0 Å². The Morgan fingerprint density at radius 3 is 2.50 bits per heavy atom. The van der Waals surface area contributed by atoms with Crippen molar-refractivity contribution in [3.8, 4) is 5.75 Å². The molecule has 3 nitrogen and oxygen atoms in total. The predicted octanol–water partition coefficient (Wildman–Crippen LogP) is 3.88. The standard InChI is InChI=1S/C21H28N2O/c1-22-14-13-20(18-7-3-2-4-8-18)24-21-10-6-5-9-19(21)17-11-15-23-16-12-17/h2-10,17,20,22-23H,11-16H2,1H3. The molecular weight excluding hydrogens is 296 g/mol. The van der Waals surface area contributed by atoms with Gasteiger partial charge in [-0.3, -0.25) is 0 Å². The SMILES string of the molecule is CNCCC(Oc1ccccc1C1CCNCC1)c1ccccc1. The maximum atomic E-state index is 6.53. The van der Waals surface area contributed by atoms with Crippen molar-refractivity contribution >= 4 is 0 Å². The molecule has 1 unspecified atom stereocenters. The largest absolute Gasteiger partial charge is 0.485 e. The zero-order chi connectivity index (χ0) is 16.6. The highest BCUT2D eigenvalue weighted by atomic mass is 16.5. The van der Waals surface area contributed by atoms with Crippen molar-refractivity contribution in [2.24, 2.45) is 0 Å². The lowest BCUT2D eigenvalue weighted by molar-refractivity contribution is 0.191. The fraction of sp³-hybridized carbons (Fsp3) is 0.429. The van der Waals surface area contributed by atoms with E-state index in [1.165, 1.54) is 24.0 Å². The maximum absolute atomic E-state index is 6.53. The van der Waals surface area contributed by atoms with Gasteiger partial charge in [-0.15, -0.1) is 0 Å². The van der Waals surface area contributed by atoms with E-state index in [4.69, 9.17) is 4.74 Å². The van der Waals surface area contributed by atoms with Gasteiger partial charge in [-0.1, -0.05) is 48.5 Å². The molecule has 2 N–H and O–H groups in total. The van der Waals surface area contributed by atoms with E-state index in [2.05, 4.69) is 65.2 Å². The lowest BCUT2D eigenvalue weighted by Gasteiger charge is -2.27. The number of rotatable bonds is 7. The topological polar surface area (TPSA) is 33.3 Å². The molecule has 1 atom stereocenters. The van der Waals surface area contributed by atoms with Gasteiger partial charge >= 0.3 is 0 Å². The number of ether oxygens (including phenoxy) is 1. The van der Waals surface area contributed by atoms with Crippen LogP contribution >= 0.6 is 0 Å². The van der Waals surface area contributed by atoms with Gasteiger partial charge in [0.05, 0.1) is 0 Å². The van der Waals surface area contributed by atoms with E-state index in [-0.39, 0.29) is 6.10 Å². The van der Waals surface area contributed by atoms with Crippen LogP contribution in [-0.2, 0) is 0 Å². The van der Waals surface area contributed by atoms with Crippen LogP contribution in [0.25, 0.3) is 0 Å². The molecule has 1 saturated heterocycles. The second-order valence-electron chi connectivity index (χ2n) is 6.47. The maximum Gasteiger partial charge on any atom is 0.125 e. The van der Waals surface area contributed by atoms with E-state index in [0.29, 0.717) is 5.92 Å². The highest BCUT2D eigenvalue weighted by Gasteiger charge is 2.21. The number of benzene rings is 2. The molecule has 0 aliphatic carbocycles. The van der Waals surface area contributed by atoms with Gasteiger partial charge in [-0.05, 0) is 62.6 Å². The van der Waals surface area contributed by atoms with Gasteiger partial charge in [-0.2, -0.15) is 0 Å². The number of nitrogens with one attached hydrogen (secondary N) is 2. The fourth-order valence-corrected chi connectivity index (χ4v) is 3.45. The summed E-state index contributed by atoms with van der Waals surface area (Å²) in [6, 6.07) is 19.1. The van der Waals surface area contributed by atoms with Crippen molar-refractivity contribution in [3.63, 3.8) is 0 Å². The second-order valence-corrected chi connectivity index (χ2v) is 6.47. The minimum atomic E-state index is 0.0847. The van der Waals surface area contributed by atoms with E-state index in [1.54, 1.807) is 0 Å². The Balaban J connectivity index is 1.81. The summed E-state index contributed by atoms with van der Waals surface area (Å²) in [6.07, 6.45) is 3.42. The summed E-state index contributed by atoms with van der Waals surface area (Å²) in [5, 5.41) is 6.69. The van der Waals surface area contributed by atoms with E-state index in [0.717, 1.165) is 31.8 Å². The van der Waals surface area contributed by atoms with Gasteiger partial charge in [0, 0.05) is 6.42 Å². The monoisotopic (exact) mass is 324 g/mol. The summed E-state index contributed by atoms with van der Waals surface area (Å²) in [5.74, 6) is 1.65. The zero-order valence-electron chi connectivity index (χ0n) is 14.5. The highest BCUT2D eigenvalue weighted by molar-refractivity contribution is 5.37. The molecule has 0 amide bonds. The number of piperidine rings is 1. The van der Waals surface area contributed by atoms with Crippen LogP contribution in [0.4, 0.5) is 0 Å². The van der Waals surface area contributed by atoms with Crippen LogP contribution in [0.15, 0.2) is 54.6 Å². The van der Waals surface area contributed by atoms with E-state index in [1.807, 2.05) is 7.05 Å². The average Bonchev–Trinajstić information content (AvgIpc) is 2.67. The normalized spacial score (nSPS) is 16.7. The van der Waals surface area contributed by atoms with Crippen molar-refractivity contribution in [3.05, 3.63) is 65.7 Å². The Hall–Kier alpha value is -1.84. The van der Waals surface area contributed by atoms with Gasteiger partial charge < -0.3 is 15.4 Å².